The first-order chi connectivity index (χ1) is 17.7. The van der Waals surface area contributed by atoms with E-state index in [0.717, 1.165) is 26.9 Å². The monoisotopic (exact) mass is 515 g/mol. The number of benzene rings is 2. The maximum atomic E-state index is 13.3. The molecular formula is C28H29N5O3S. The Kier molecular flexibility index (Phi) is 7.54. The van der Waals surface area contributed by atoms with Crippen molar-refractivity contribution < 1.29 is 13.2 Å². The van der Waals surface area contributed by atoms with Gasteiger partial charge in [0, 0.05) is 28.8 Å². The van der Waals surface area contributed by atoms with Gasteiger partial charge in [-0.3, -0.25) is 14.1 Å². The van der Waals surface area contributed by atoms with Crippen LogP contribution in [0.15, 0.2) is 89.1 Å². The summed E-state index contributed by atoms with van der Waals surface area (Å²) < 4.78 is 29.8. The summed E-state index contributed by atoms with van der Waals surface area (Å²) in [4.78, 5) is 16.9. The zero-order valence-corrected chi connectivity index (χ0v) is 22.0. The number of rotatable bonds is 8. The third kappa shape index (κ3) is 5.78. The van der Waals surface area contributed by atoms with Crippen LogP contribution in [0.5, 0.6) is 0 Å². The molecule has 0 aliphatic carbocycles. The molecule has 0 bridgehead atoms. The summed E-state index contributed by atoms with van der Waals surface area (Å²) in [6.07, 6.45) is 4.51. The van der Waals surface area contributed by atoms with E-state index in [1.807, 2.05) is 19.9 Å². The molecule has 0 fully saturated rings. The van der Waals surface area contributed by atoms with Crippen LogP contribution in [0.4, 0.5) is 5.69 Å². The standard InChI is InChI=1S/C28H29N5O3S/c1-20-13-21(2)15-26(14-20)33-22(3)16-24(23(33)4)17-30-31-28(34)19-32(25-9-8-12-29-18-25)37(35,36)27-10-6-5-7-11-27/h5-18H,19H2,1-4H3,(H,31,34)/b30-17+. The molecule has 0 aliphatic heterocycles. The Morgan fingerprint density at radius 2 is 1.70 bits per heavy atom. The van der Waals surface area contributed by atoms with Crippen molar-refractivity contribution >= 4 is 27.8 Å². The molecular weight excluding hydrogens is 486 g/mol. The van der Waals surface area contributed by atoms with Gasteiger partial charge in [0.15, 0.2) is 0 Å². The van der Waals surface area contributed by atoms with Gasteiger partial charge in [-0.05, 0) is 81.3 Å². The van der Waals surface area contributed by atoms with E-state index in [2.05, 4.69) is 52.1 Å². The van der Waals surface area contributed by atoms with E-state index >= 15 is 0 Å². The van der Waals surface area contributed by atoms with Crippen LogP contribution < -0.4 is 9.73 Å². The maximum Gasteiger partial charge on any atom is 0.264 e. The Balaban J connectivity index is 1.54. The fourth-order valence-electron chi connectivity index (χ4n) is 4.27. The molecule has 0 radical (unpaired) electrons. The van der Waals surface area contributed by atoms with E-state index in [9.17, 15) is 13.2 Å². The second kappa shape index (κ2) is 10.8. The Hall–Kier alpha value is -4.24. The number of nitrogens with zero attached hydrogens (tertiary/aromatic N) is 4. The molecule has 0 spiro atoms. The van der Waals surface area contributed by atoms with Crippen LogP contribution >= 0.6 is 0 Å². The Labute approximate surface area is 217 Å². The molecule has 2 aromatic carbocycles. The van der Waals surface area contributed by atoms with Crippen molar-refractivity contribution in [3.05, 3.63) is 107 Å². The number of sulfonamides is 1. The highest BCUT2D eigenvalue weighted by Gasteiger charge is 2.27. The predicted molar refractivity (Wildman–Crippen MR) is 146 cm³/mol. The molecule has 1 N–H and O–H groups in total. The van der Waals surface area contributed by atoms with Crippen molar-refractivity contribution in [1.82, 2.24) is 15.0 Å². The van der Waals surface area contributed by atoms with Crippen LogP contribution in [0.2, 0.25) is 0 Å². The summed E-state index contributed by atoms with van der Waals surface area (Å²) in [5.74, 6) is -0.581. The van der Waals surface area contributed by atoms with Crippen molar-refractivity contribution in [3.8, 4) is 5.69 Å². The smallest absolute Gasteiger partial charge is 0.264 e. The quantitative estimate of drug-likeness (QED) is 0.277. The number of aryl methyl sites for hydroxylation is 3. The van der Waals surface area contributed by atoms with E-state index in [-0.39, 0.29) is 10.6 Å². The molecule has 4 rings (SSSR count). The summed E-state index contributed by atoms with van der Waals surface area (Å²) in [6, 6.07) is 19.5. The topological polar surface area (TPSA) is 96.7 Å². The second-order valence-electron chi connectivity index (χ2n) is 8.84. The van der Waals surface area contributed by atoms with Crippen molar-refractivity contribution in [1.29, 1.82) is 0 Å². The predicted octanol–water partition coefficient (Wildman–Crippen LogP) is 4.45. The van der Waals surface area contributed by atoms with E-state index in [1.165, 1.54) is 35.7 Å². The molecule has 0 saturated heterocycles. The number of anilines is 1. The third-order valence-corrected chi connectivity index (χ3v) is 7.67. The summed E-state index contributed by atoms with van der Waals surface area (Å²) >= 11 is 0. The number of amides is 1. The Morgan fingerprint density at radius 1 is 1.00 bits per heavy atom. The van der Waals surface area contributed by atoms with Gasteiger partial charge in [-0.1, -0.05) is 24.3 Å². The molecule has 190 valence electrons. The molecule has 0 atom stereocenters. The summed E-state index contributed by atoms with van der Waals surface area (Å²) in [5, 5.41) is 4.11. The lowest BCUT2D eigenvalue weighted by Crippen LogP contribution is -2.39. The molecule has 8 nitrogen and oxygen atoms in total. The zero-order valence-electron chi connectivity index (χ0n) is 21.2. The normalized spacial score (nSPS) is 11.6. The molecule has 4 aromatic rings. The summed E-state index contributed by atoms with van der Waals surface area (Å²) in [6.45, 7) is 7.68. The van der Waals surface area contributed by atoms with Gasteiger partial charge in [-0.15, -0.1) is 0 Å². The molecule has 0 unspecified atom stereocenters. The molecule has 0 saturated carbocycles. The van der Waals surface area contributed by atoms with E-state index < -0.39 is 22.5 Å². The van der Waals surface area contributed by atoms with Gasteiger partial charge in [-0.25, -0.2) is 13.8 Å². The lowest BCUT2D eigenvalue weighted by Gasteiger charge is -2.23. The van der Waals surface area contributed by atoms with Crippen LogP contribution in [-0.2, 0) is 14.8 Å². The van der Waals surface area contributed by atoms with Crippen LogP contribution in [-0.4, -0.2) is 36.6 Å². The molecule has 0 aliphatic rings. The van der Waals surface area contributed by atoms with Gasteiger partial charge in [0.1, 0.15) is 6.54 Å². The first kappa shape index (κ1) is 25.8. The first-order valence-electron chi connectivity index (χ1n) is 11.7. The minimum absolute atomic E-state index is 0.0778. The number of aromatic nitrogens is 2. The van der Waals surface area contributed by atoms with Crippen LogP contribution in [0.25, 0.3) is 5.69 Å². The molecule has 1 amide bonds. The summed E-state index contributed by atoms with van der Waals surface area (Å²) in [7, 11) is -4.00. The van der Waals surface area contributed by atoms with Crippen LogP contribution in [0.3, 0.4) is 0 Å². The number of carbonyl (C=O) groups excluding carboxylic acids is 1. The average molecular weight is 516 g/mol. The third-order valence-electron chi connectivity index (χ3n) is 5.88. The lowest BCUT2D eigenvalue weighted by atomic mass is 10.1. The maximum absolute atomic E-state index is 13.3. The Bertz CT molecular complexity index is 1530. The Morgan fingerprint density at radius 3 is 2.35 bits per heavy atom. The van der Waals surface area contributed by atoms with Crippen molar-refractivity contribution in [3.63, 3.8) is 0 Å². The molecule has 2 heterocycles. The van der Waals surface area contributed by atoms with Crippen molar-refractivity contribution in [2.45, 2.75) is 32.6 Å². The number of hydrazone groups is 1. The van der Waals surface area contributed by atoms with Crippen molar-refractivity contribution in [2.75, 3.05) is 10.8 Å². The summed E-state index contributed by atoms with van der Waals surface area (Å²) in [5.41, 5.74) is 9.01. The van der Waals surface area contributed by atoms with Gasteiger partial charge < -0.3 is 4.57 Å². The highest BCUT2D eigenvalue weighted by Crippen LogP contribution is 2.23. The van der Waals surface area contributed by atoms with Gasteiger partial charge in [0.2, 0.25) is 0 Å². The van der Waals surface area contributed by atoms with Gasteiger partial charge in [-0.2, -0.15) is 5.10 Å². The van der Waals surface area contributed by atoms with Gasteiger partial charge in [0.25, 0.3) is 15.9 Å². The minimum atomic E-state index is -4.00. The minimum Gasteiger partial charge on any atom is -0.318 e. The van der Waals surface area contributed by atoms with Crippen LogP contribution in [0.1, 0.15) is 28.1 Å². The lowest BCUT2D eigenvalue weighted by molar-refractivity contribution is -0.119. The molecule has 2 aromatic heterocycles. The molecule has 9 heteroatoms. The van der Waals surface area contributed by atoms with E-state index in [1.54, 1.807) is 36.5 Å². The van der Waals surface area contributed by atoms with E-state index in [4.69, 9.17) is 0 Å². The fraction of sp³-hybridized carbons (Fsp3) is 0.179. The van der Waals surface area contributed by atoms with Crippen molar-refractivity contribution in [2.24, 2.45) is 5.10 Å². The number of hydrogen-bond acceptors (Lipinski definition) is 5. The van der Waals surface area contributed by atoms with E-state index in [0.29, 0.717) is 0 Å². The second-order valence-corrected chi connectivity index (χ2v) is 10.7. The highest BCUT2D eigenvalue weighted by atomic mass is 32.2. The number of nitrogens with one attached hydrogen (secondary N) is 1. The average Bonchev–Trinajstić information content (AvgIpc) is 3.15. The molecule has 37 heavy (non-hydrogen) atoms. The van der Waals surface area contributed by atoms with Crippen LogP contribution in [0, 0.1) is 27.7 Å². The van der Waals surface area contributed by atoms with Gasteiger partial charge in [0.05, 0.1) is 23.0 Å². The number of carbonyl (C=O) groups is 1. The van der Waals surface area contributed by atoms with Gasteiger partial charge >= 0.3 is 0 Å². The SMILES string of the molecule is Cc1cc(C)cc(-n2c(C)cc(/C=N/NC(=O)CN(c3cccnc3)S(=O)(=O)c3ccccc3)c2C)c1. The number of pyridine rings is 1. The fourth-order valence-corrected chi connectivity index (χ4v) is 5.70. The highest BCUT2D eigenvalue weighted by molar-refractivity contribution is 7.92. The first-order valence-corrected chi connectivity index (χ1v) is 13.2. The number of hydrogen-bond donors (Lipinski definition) is 1. The zero-order chi connectivity index (χ0) is 26.6. The largest absolute Gasteiger partial charge is 0.318 e.